The van der Waals surface area contributed by atoms with Crippen molar-refractivity contribution in [3.05, 3.63) is 86.4 Å². The highest BCUT2D eigenvalue weighted by atomic mass is 79.9. The second-order valence-corrected chi connectivity index (χ2v) is 8.86. The summed E-state index contributed by atoms with van der Waals surface area (Å²) in [4.78, 5) is 31.0. The fraction of sp³-hybridized carbons (Fsp3) is 0.0870. The highest BCUT2D eigenvalue weighted by molar-refractivity contribution is 9.10. The molecule has 7 heteroatoms. The molecule has 0 spiro atoms. The van der Waals surface area contributed by atoms with Crippen LogP contribution in [0.4, 0.5) is 0 Å². The lowest BCUT2D eigenvalue weighted by Gasteiger charge is -2.05. The maximum Gasteiger partial charge on any atom is 0.263 e. The smallest absolute Gasteiger partial charge is 0.263 e. The van der Waals surface area contributed by atoms with Crippen molar-refractivity contribution in [1.82, 2.24) is 9.55 Å². The van der Waals surface area contributed by atoms with E-state index in [1.165, 1.54) is 22.2 Å². The van der Waals surface area contributed by atoms with Gasteiger partial charge >= 0.3 is 0 Å². The molecule has 3 heterocycles. The lowest BCUT2D eigenvalue weighted by Crippen LogP contribution is -2.24. The molecule has 5 nitrogen and oxygen atoms in total. The molecule has 0 aliphatic rings. The SMILES string of the molecule is Cc1ccc(-c2csc3ncn(CC(=O)c4cc5cc(Br)ccc5o4)c(=O)c23)cc1. The minimum atomic E-state index is -0.280. The van der Waals surface area contributed by atoms with Crippen LogP contribution in [0.25, 0.3) is 32.3 Å². The topological polar surface area (TPSA) is 65.1 Å². The van der Waals surface area contributed by atoms with Gasteiger partial charge in [0.2, 0.25) is 5.78 Å². The highest BCUT2D eigenvalue weighted by Crippen LogP contribution is 2.31. The van der Waals surface area contributed by atoms with Crippen LogP contribution in [0.5, 0.6) is 0 Å². The van der Waals surface area contributed by atoms with Crippen molar-refractivity contribution in [3.8, 4) is 11.1 Å². The van der Waals surface area contributed by atoms with Crippen LogP contribution in [-0.4, -0.2) is 15.3 Å². The molecule has 0 N–H and O–H groups in total. The molecule has 0 aliphatic carbocycles. The summed E-state index contributed by atoms with van der Waals surface area (Å²) in [5.74, 6) is -0.0585. The zero-order valence-electron chi connectivity index (χ0n) is 15.9. The van der Waals surface area contributed by atoms with Crippen LogP contribution in [0.2, 0.25) is 0 Å². The van der Waals surface area contributed by atoms with E-state index in [1.54, 1.807) is 12.1 Å². The molecule has 3 aromatic heterocycles. The molecule has 0 saturated heterocycles. The van der Waals surface area contributed by atoms with Crippen LogP contribution in [0.15, 0.2) is 73.9 Å². The van der Waals surface area contributed by atoms with Gasteiger partial charge in [-0.3, -0.25) is 14.2 Å². The summed E-state index contributed by atoms with van der Waals surface area (Å²) in [5.41, 5.74) is 3.34. The normalized spacial score (nSPS) is 11.4. The first-order valence-corrected chi connectivity index (χ1v) is 10.9. The maximum atomic E-state index is 13.2. The van der Waals surface area contributed by atoms with Crippen molar-refractivity contribution in [3.63, 3.8) is 0 Å². The number of furan rings is 1. The van der Waals surface area contributed by atoms with E-state index in [0.717, 1.165) is 26.5 Å². The van der Waals surface area contributed by atoms with Crippen LogP contribution >= 0.6 is 27.3 Å². The van der Waals surface area contributed by atoms with E-state index in [9.17, 15) is 9.59 Å². The summed E-state index contributed by atoms with van der Waals surface area (Å²) >= 11 is 4.83. The summed E-state index contributed by atoms with van der Waals surface area (Å²) in [6.45, 7) is 1.89. The van der Waals surface area contributed by atoms with Gasteiger partial charge in [0.25, 0.3) is 5.56 Å². The monoisotopic (exact) mass is 478 g/mol. The Morgan fingerprint density at radius 3 is 2.77 bits per heavy atom. The fourth-order valence-corrected chi connectivity index (χ4v) is 4.70. The molecule has 0 saturated carbocycles. The van der Waals surface area contributed by atoms with Gasteiger partial charge in [0, 0.05) is 20.8 Å². The second-order valence-electron chi connectivity index (χ2n) is 7.09. The number of halogens is 1. The number of Topliss-reactive ketones (excluding diaryl/α,β-unsaturated/α-hetero) is 1. The summed E-state index contributed by atoms with van der Waals surface area (Å²) < 4.78 is 7.92. The quantitative estimate of drug-likeness (QED) is 0.305. The molecule has 0 aliphatic heterocycles. The maximum absolute atomic E-state index is 13.2. The first kappa shape index (κ1) is 19.0. The molecular weight excluding hydrogens is 464 g/mol. The number of ketones is 1. The summed E-state index contributed by atoms with van der Waals surface area (Å²) in [6, 6.07) is 15.2. The Hall–Kier alpha value is -3.03. The average molecular weight is 479 g/mol. The predicted molar refractivity (Wildman–Crippen MR) is 122 cm³/mol. The van der Waals surface area contributed by atoms with Gasteiger partial charge in [-0.15, -0.1) is 11.3 Å². The molecule has 0 bridgehead atoms. The van der Waals surface area contributed by atoms with Crippen LogP contribution < -0.4 is 5.56 Å². The molecule has 30 heavy (non-hydrogen) atoms. The Bertz CT molecular complexity index is 1480. The highest BCUT2D eigenvalue weighted by Gasteiger charge is 2.17. The van der Waals surface area contributed by atoms with E-state index in [-0.39, 0.29) is 23.6 Å². The van der Waals surface area contributed by atoms with Crippen molar-refractivity contribution >= 4 is 54.2 Å². The summed E-state index contributed by atoms with van der Waals surface area (Å²) in [6.07, 6.45) is 1.43. The Balaban J connectivity index is 1.53. The largest absolute Gasteiger partial charge is 0.453 e. The Kier molecular flexibility index (Phi) is 4.64. The summed E-state index contributed by atoms with van der Waals surface area (Å²) in [7, 11) is 0. The van der Waals surface area contributed by atoms with E-state index in [4.69, 9.17) is 4.42 Å². The van der Waals surface area contributed by atoms with E-state index in [2.05, 4.69) is 20.9 Å². The molecular formula is C23H15BrN2O3S. The number of aromatic nitrogens is 2. The number of aryl methyl sites for hydroxylation is 1. The number of thiophene rings is 1. The molecule has 148 valence electrons. The van der Waals surface area contributed by atoms with Gasteiger partial charge in [0.15, 0.2) is 5.76 Å². The predicted octanol–water partition coefficient (Wildman–Crippen LogP) is 5.83. The van der Waals surface area contributed by atoms with Crippen molar-refractivity contribution in [2.75, 3.05) is 0 Å². The summed E-state index contributed by atoms with van der Waals surface area (Å²) in [5, 5.41) is 3.30. The van der Waals surface area contributed by atoms with E-state index < -0.39 is 0 Å². The number of rotatable bonds is 4. The molecule has 0 radical (unpaired) electrons. The minimum Gasteiger partial charge on any atom is -0.453 e. The van der Waals surface area contributed by atoms with Gasteiger partial charge in [-0.25, -0.2) is 4.98 Å². The van der Waals surface area contributed by atoms with Crippen molar-refractivity contribution in [2.24, 2.45) is 0 Å². The zero-order chi connectivity index (χ0) is 20.8. The third-order valence-corrected chi connectivity index (χ3v) is 6.37. The molecule has 2 aromatic carbocycles. The van der Waals surface area contributed by atoms with Gasteiger partial charge < -0.3 is 4.42 Å². The molecule has 0 fully saturated rings. The van der Waals surface area contributed by atoms with Gasteiger partial charge in [-0.1, -0.05) is 45.8 Å². The molecule has 0 amide bonds. The van der Waals surface area contributed by atoms with Gasteiger partial charge in [-0.2, -0.15) is 0 Å². The number of carbonyl (C=O) groups is 1. The Labute approximate surface area is 183 Å². The first-order chi connectivity index (χ1) is 14.5. The Morgan fingerprint density at radius 1 is 1.17 bits per heavy atom. The van der Waals surface area contributed by atoms with Crippen molar-refractivity contribution < 1.29 is 9.21 Å². The van der Waals surface area contributed by atoms with Gasteiger partial charge in [0.1, 0.15) is 10.4 Å². The molecule has 0 atom stereocenters. The molecule has 0 unspecified atom stereocenters. The van der Waals surface area contributed by atoms with Crippen LogP contribution in [0.1, 0.15) is 16.1 Å². The van der Waals surface area contributed by atoms with E-state index in [1.807, 2.05) is 48.7 Å². The van der Waals surface area contributed by atoms with E-state index >= 15 is 0 Å². The third kappa shape index (κ3) is 3.30. The first-order valence-electron chi connectivity index (χ1n) is 9.25. The molecule has 5 aromatic rings. The standard InChI is InChI=1S/C23H15BrN2O3S/c1-13-2-4-14(5-3-13)17-11-30-22-21(17)23(28)26(12-25-22)10-18(27)20-9-15-8-16(24)6-7-19(15)29-20/h2-9,11-12H,10H2,1H3. The zero-order valence-corrected chi connectivity index (χ0v) is 18.3. The van der Waals surface area contributed by atoms with Crippen molar-refractivity contribution in [2.45, 2.75) is 13.5 Å². The lowest BCUT2D eigenvalue weighted by atomic mass is 10.1. The van der Waals surface area contributed by atoms with E-state index in [0.29, 0.717) is 15.8 Å². The third-order valence-electron chi connectivity index (χ3n) is 4.99. The molecule has 5 rings (SSSR count). The van der Waals surface area contributed by atoms with Gasteiger partial charge in [-0.05, 0) is 36.8 Å². The number of hydrogen-bond acceptors (Lipinski definition) is 5. The number of hydrogen-bond donors (Lipinski definition) is 0. The van der Waals surface area contributed by atoms with Crippen LogP contribution in [0.3, 0.4) is 0 Å². The lowest BCUT2D eigenvalue weighted by molar-refractivity contribution is 0.0945. The number of carbonyl (C=O) groups excluding carboxylic acids is 1. The van der Waals surface area contributed by atoms with Crippen LogP contribution in [0, 0.1) is 6.92 Å². The number of nitrogens with zero attached hydrogens (tertiary/aromatic N) is 2. The fourth-order valence-electron chi connectivity index (χ4n) is 3.41. The van der Waals surface area contributed by atoms with Crippen molar-refractivity contribution in [1.29, 1.82) is 0 Å². The average Bonchev–Trinajstić information content (AvgIpc) is 3.35. The second kappa shape index (κ2) is 7.34. The Morgan fingerprint density at radius 2 is 1.97 bits per heavy atom. The van der Waals surface area contributed by atoms with Gasteiger partial charge in [0.05, 0.1) is 18.3 Å². The number of fused-ring (bicyclic) bond motifs is 2. The van der Waals surface area contributed by atoms with Crippen LogP contribution in [-0.2, 0) is 6.54 Å². The number of benzene rings is 2. The minimum absolute atomic E-state index is 0.133.